The molecule has 0 aliphatic heterocycles. The number of hydrogen-bond donors (Lipinski definition) is 1. The molecule has 0 fully saturated rings. The van der Waals surface area contributed by atoms with Gasteiger partial charge in [0.1, 0.15) is 0 Å². The lowest BCUT2D eigenvalue weighted by Crippen LogP contribution is -2.31. The highest BCUT2D eigenvalue weighted by atomic mass is 16.2. The molecule has 1 aliphatic rings. The first kappa shape index (κ1) is 20.5. The molecular formula is C26H24N2O3. The van der Waals surface area contributed by atoms with Crippen LogP contribution in [0.25, 0.3) is 0 Å². The molecule has 31 heavy (non-hydrogen) atoms. The summed E-state index contributed by atoms with van der Waals surface area (Å²) in [5, 5.41) is 3.33. The molecule has 3 aromatic rings. The Kier molecular flexibility index (Phi) is 5.67. The number of hydrogen-bond acceptors (Lipinski definition) is 4. The van der Waals surface area contributed by atoms with Crippen molar-refractivity contribution in [2.75, 3.05) is 16.8 Å². The lowest BCUT2D eigenvalue weighted by molar-refractivity contribution is -0.116. The van der Waals surface area contributed by atoms with Gasteiger partial charge in [-0.3, -0.25) is 14.4 Å². The van der Waals surface area contributed by atoms with Gasteiger partial charge in [-0.1, -0.05) is 55.8 Å². The van der Waals surface area contributed by atoms with Gasteiger partial charge in [0.2, 0.25) is 5.91 Å². The Labute approximate surface area is 181 Å². The third-order valence-electron chi connectivity index (χ3n) is 5.52. The van der Waals surface area contributed by atoms with E-state index in [0.717, 1.165) is 18.5 Å². The third kappa shape index (κ3) is 3.75. The van der Waals surface area contributed by atoms with Crippen molar-refractivity contribution in [1.82, 2.24) is 0 Å². The van der Waals surface area contributed by atoms with Crippen LogP contribution in [0.15, 0.2) is 66.7 Å². The van der Waals surface area contributed by atoms with Crippen LogP contribution in [0.1, 0.15) is 58.5 Å². The van der Waals surface area contributed by atoms with E-state index >= 15 is 0 Å². The summed E-state index contributed by atoms with van der Waals surface area (Å²) in [5.74, 6) is -0.514. The van der Waals surface area contributed by atoms with Gasteiger partial charge in [0.25, 0.3) is 0 Å². The number of carbonyl (C=O) groups excluding carboxylic acids is 3. The molecule has 5 nitrogen and oxygen atoms in total. The monoisotopic (exact) mass is 412 g/mol. The Morgan fingerprint density at radius 2 is 1.48 bits per heavy atom. The number of carbonyl (C=O) groups is 3. The van der Waals surface area contributed by atoms with Crippen LogP contribution >= 0.6 is 0 Å². The molecule has 156 valence electrons. The van der Waals surface area contributed by atoms with Crippen molar-refractivity contribution in [2.45, 2.75) is 26.7 Å². The Morgan fingerprint density at radius 1 is 0.839 bits per heavy atom. The van der Waals surface area contributed by atoms with Crippen LogP contribution in [0, 0.1) is 0 Å². The van der Waals surface area contributed by atoms with E-state index in [-0.39, 0.29) is 17.5 Å². The molecule has 4 rings (SSSR count). The Bertz CT molecular complexity index is 1170. The first-order valence-electron chi connectivity index (χ1n) is 10.5. The molecule has 1 N–H and O–H groups in total. The lowest BCUT2D eigenvalue weighted by atomic mass is 9.82. The molecule has 1 aliphatic carbocycles. The summed E-state index contributed by atoms with van der Waals surface area (Å²) in [7, 11) is 0. The van der Waals surface area contributed by atoms with Gasteiger partial charge in [0.15, 0.2) is 11.6 Å². The van der Waals surface area contributed by atoms with E-state index < -0.39 is 0 Å². The molecule has 0 atom stereocenters. The van der Waals surface area contributed by atoms with Crippen molar-refractivity contribution in [3.8, 4) is 0 Å². The van der Waals surface area contributed by atoms with E-state index in [1.54, 1.807) is 41.3 Å². The normalized spacial score (nSPS) is 12.2. The highest BCUT2D eigenvalue weighted by Crippen LogP contribution is 2.40. The fourth-order valence-electron chi connectivity index (χ4n) is 3.96. The van der Waals surface area contributed by atoms with Gasteiger partial charge in [-0.05, 0) is 30.7 Å². The summed E-state index contributed by atoms with van der Waals surface area (Å²) >= 11 is 0. The second kappa shape index (κ2) is 8.56. The number of nitrogens with zero attached hydrogens (tertiary/aromatic N) is 1. The van der Waals surface area contributed by atoms with Crippen LogP contribution in [0.4, 0.5) is 17.1 Å². The number of nitrogens with one attached hydrogen (secondary N) is 1. The van der Waals surface area contributed by atoms with Gasteiger partial charge in [0, 0.05) is 35.8 Å². The molecule has 1 amide bonds. The summed E-state index contributed by atoms with van der Waals surface area (Å²) in [6.45, 7) is 4.12. The molecule has 0 spiro atoms. The molecule has 0 saturated carbocycles. The van der Waals surface area contributed by atoms with Gasteiger partial charge in [-0.2, -0.15) is 0 Å². The van der Waals surface area contributed by atoms with Crippen molar-refractivity contribution in [2.24, 2.45) is 0 Å². The summed E-state index contributed by atoms with van der Waals surface area (Å²) in [5.41, 5.74) is 3.32. The van der Waals surface area contributed by atoms with Crippen LogP contribution in [0.5, 0.6) is 0 Å². The molecule has 0 unspecified atom stereocenters. The van der Waals surface area contributed by atoms with Crippen LogP contribution in [0.2, 0.25) is 0 Å². The topological polar surface area (TPSA) is 66.5 Å². The Hall–Kier alpha value is -3.73. The summed E-state index contributed by atoms with van der Waals surface area (Å²) in [6.07, 6.45) is 1.76. The number of amides is 1. The Balaban J connectivity index is 1.94. The smallest absolute Gasteiger partial charge is 0.223 e. The maximum atomic E-state index is 13.5. The average Bonchev–Trinajstić information content (AvgIpc) is 2.79. The molecular weight excluding hydrogens is 388 g/mol. The van der Waals surface area contributed by atoms with Gasteiger partial charge in [-0.25, -0.2) is 0 Å². The van der Waals surface area contributed by atoms with Crippen molar-refractivity contribution < 1.29 is 14.4 Å². The fourth-order valence-corrected chi connectivity index (χ4v) is 3.96. The zero-order valence-corrected chi connectivity index (χ0v) is 17.6. The van der Waals surface area contributed by atoms with Crippen molar-refractivity contribution in [1.29, 1.82) is 0 Å². The minimum atomic E-state index is -0.218. The lowest BCUT2D eigenvalue weighted by Gasteiger charge is -2.28. The van der Waals surface area contributed by atoms with E-state index in [1.165, 1.54) is 6.92 Å². The largest absolute Gasteiger partial charge is 0.353 e. The predicted molar refractivity (Wildman–Crippen MR) is 122 cm³/mol. The fraction of sp³-hybridized carbons (Fsp3) is 0.192. The SMILES string of the molecule is CCCCN(C(C)=O)c1ccc2c(c1Nc1ccccc1)C(=O)c1ccccc1C2=O. The summed E-state index contributed by atoms with van der Waals surface area (Å²) in [6, 6.07) is 19.8. The quantitative estimate of drug-likeness (QED) is 0.463. The number of anilines is 3. The molecule has 0 aromatic heterocycles. The molecule has 5 heteroatoms. The van der Waals surface area contributed by atoms with E-state index in [9.17, 15) is 14.4 Å². The van der Waals surface area contributed by atoms with E-state index in [2.05, 4.69) is 12.2 Å². The van der Waals surface area contributed by atoms with Gasteiger partial charge in [-0.15, -0.1) is 0 Å². The number of rotatable bonds is 6. The van der Waals surface area contributed by atoms with E-state index in [1.807, 2.05) is 30.3 Å². The van der Waals surface area contributed by atoms with E-state index in [0.29, 0.717) is 40.2 Å². The van der Waals surface area contributed by atoms with Crippen LogP contribution in [0.3, 0.4) is 0 Å². The van der Waals surface area contributed by atoms with Crippen LogP contribution < -0.4 is 10.2 Å². The number of unbranched alkanes of at least 4 members (excludes halogenated alkanes) is 1. The number of ketones is 2. The standard InChI is InChI=1S/C26H24N2O3/c1-3-4-16-28(17(2)29)22-15-14-21-23(24(22)27-18-10-6-5-7-11-18)26(31)20-13-9-8-12-19(20)25(21)30/h5-15,27H,3-4,16H2,1-2H3. The van der Waals surface area contributed by atoms with Crippen LogP contribution in [-0.4, -0.2) is 24.0 Å². The van der Waals surface area contributed by atoms with Gasteiger partial charge >= 0.3 is 0 Å². The third-order valence-corrected chi connectivity index (χ3v) is 5.52. The maximum Gasteiger partial charge on any atom is 0.223 e. The molecule has 0 radical (unpaired) electrons. The number of benzene rings is 3. The highest BCUT2D eigenvalue weighted by Gasteiger charge is 2.34. The molecule has 0 saturated heterocycles. The number of para-hydroxylation sites is 1. The average molecular weight is 412 g/mol. The second-order valence-electron chi connectivity index (χ2n) is 7.60. The Morgan fingerprint density at radius 3 is 2.13 bits per heavy atom. The maximum absolute atomic E-state index is 13.5. The molecule has 0 bridgehead atoms. The predicted octanol–water partition coefficient (Wildman–Crippen LogP) is 5.36. The van der Waals surface area contributed by atoms with Gasteiger partial charge in [0.05, 0.1) is 16.9 Å². The summed E-state index contributed by atoms with van der Waals surface area (Å²) < 4.78 is 0. The molecule has 0 heterocycles. The van der Waals surface area contributed by atoms with Gasteiger partial charge < -0.3 is 10.2 Å². The van der Waals surface area contributed by atoms with Crippen molar-refractivity contribution in [3.05, 3.63) is 89.0 Å². The summed E-state index contributed by atoms with van der Waals surface area (Å²) in [4.78, 5) is 40.9. The highest BCUT2D eigenvalue weighted by molar-refractivity contribution is 6.31. The molecule has 3 aromatic carbocycles. The first-order chi connectivity index (χ1) is 15.0. The van der Waals surface area contributed by atoms with Crippen molar-refractivity contribution >= 4 is 34.5 Å². The zero-order chi connectivity index (χ0) is 22.0. The van der Waals surface area contributed by atoms with Crippen LogP contribution in [-0.2, 0) is 4.79 Å². The van der Waals surface area contributed by atoms with E-state index in [4.69, 9.17) is 0 Å². The minimum absolute atomic E-state index is 0.112. The van der Waals surface area contributed by atoms with Crippen molar-refractivity contribution in [3.63, 3.8) is 0 Å². The zero-order valence-electron chi connectivity index (χ0n) is 17.6. The first-order valence-corrected chi connectivity index (χ1v) is 10.5. The minimum Gasteiger partial charge on any atom is -0.353 e. The second-order valence-corrected chi connectivity index (χ2v) is 7.60. The number of fused-ring (bicyclic) bond motifs is 2.